The zero-order chi connectivity index (χ0) is 10.8. The summed E-state index contributed by atoms with van der Waals surface area (Å²) in [6, 6.07) is 0. The molecule has 1 aliphatic rings. The lowest BCUT2D eigenvalue weighted by Crippen LogP contribution is -2.20. The van der Waals surface area contributed by atoms with Crippen LogP contribution in [-0.2, 0) is 4.74 Å². The first-order chi connectivity index (χ1) is 7.18. The Hall–Kier alpha value is -1.56. The minimum atomic E-state index is -1.22. The molecule has 1 unspecified atom stereocenters. The number of carboxylic acids is 1. The van der Waals surface area contributed by atoms with E-state index in [2.05, 4.69) is 5.10 Å². The molecule has 15 heavy (non-hydrogen) atoms. The summed E-state index contributed by atoms with van der Waals surface area (Å²) in [6.07, 6.45) is 3.88. The summed E-state index contributed by atoms with van der Waals surface area (Å²) in [5.74, 6) is -1.22. The van der Waals surface area contributed by atoms with Gasteiger partial charge in [-0.05, 0) is 19.3 Å². The maximum Gasteiger partial charge on any atom is 0.342 e. The van der Waals surface area contributed by atoms with E-state index in [0.29, 0.717) is 6.61 Å². The number of H-pyrrole nitrogens is 1. The van der Waals surface area contributed by atoms with Gasteiger partial charge in [-0.25, -0.2) is 4.79 Å². The minimum absolute atomic E-state index is 0.237. The van der Waals surface area contributed by atoms with Crippen LogP contribution in [0.15, 0.2) is 11.0 Å². The van der Waals surface area contributed by atoms with E-state index in [9.17, 15) is 9.59 Å². The second-order valence-corrected chi connectivity index (χ2v) is 3.52. The van der Waals surface area contributed by atoms with E-state index in [-0.39, 0.29) is 11.8 Å². The number of carbonyl (C=O) groups is 1. The molecule has 2 heterocycles. The fourth-order valence-electron chi connectivity index (χ4n) is 1.66. The molecule has 0 radical (unpaired) electrons. The van der Waals surface area contributed by atoms with E-state index in [0.717, 1.165) is 19.3 Å². The molecule has 0 spiro atoms. The summed E-state index contributed by atoms with van der Waals surface area (Å²) in [4.78, 5) is 21.9. The zero-order valence-electron chi connectivity index (χ0n) is 8.10. The monoisotopic (exact) mass is 212 g/mol. The first kappa shape index (κ1) is 9.97. The van der Waals surface area contributed by atoms with E-state index in [1.54, 1.807) is 0 Å². The van der Waals surface area contributed by atoms with Crippen LogP contribution in [0.25, 0.3) is 0 Å². The van der Waals surface area contributed by atoms with Crippen LogP contribution in [0.4, 0.5) is 0 Å². The van der Waals surface area contributed by atoms with Gasteiger partial charge in [0.2, 0.25) is 0 Å². The first-order valence-electron chi connectivity index (χ1n) is 4.84. The summed E-state index contributed by atoms with van der Waals surface area (Å²) in [5, 5.41) is 11.2. The molecule has 2 rings (SSSR count). The van der Waals surface area contributed by atoms with Gasteiger partial charge in [-0.2, -0.15) is 0 Å². The maximum atomic E-state index is 11.2. The molecular formula is C9H12N2O4. The number of hydrogen-bond acceptors (Lipinski definition) is 3. The molecule has 6 heteroatoms. The lowest BCUT2D eigenvalue weighted by Gasteiger charge is -2.23. The third kappa shape index (κ3) is 1.94. The Morgan fingerprint density at radius 3 is 2.93 bits per heavy atom. The lowest BCUT2D eigenvalue weighted by atomic mass is 10.2. The number of carboxylic acid groups (broad SMARTS) is 1. The van der Waals surface area contributed by atoms with Crippen molar-refractivity contribution < 1.29 is 14.6 Å². The Bertz CT molecular complexity index is 414. The van der Waals surface area contributed by atoms with E-state index < -0.39 is 11.5 Å². The van der Waals surface area contributed by atoms with Crippen LogP contribution in [0.1, 0.15) is 35.8 Å². The van der Waals surface area contributed by atoms with Crippen molar-refractivity contribution in [3.05, 3.63) is 22.1 Å². The summed E-state index contributed by atoms with van der Waals surface area (Å²) in [5.41, 5.74) is -0.833. The molecule has 6 nitrogen and oxygen atoms in total. The van der Waals surface area contributed by atoms with Gasteiger partial charge < -0.3 is 9.84 Å². The molecular weight excluding hydrogens is 200 g/mol. The second-order valence-electron chi connectivity index (χ2n) is 3.52. The Morgan fingerprint density at radius 1 is 1.60 bits per heavy atom. The predicted octanol–water partition coefficient (Wildman–Crippen LogP) is 0.574. The lowest BCUT2D eigenvalue weighted by molar-refractivity contribution is -0.0397. The number of rotatable bonds is 2. The SMILES string of the molecule is O=C(O)c1cn(C2CCCCO2)[nH]c1=O. The number of nitrogens with one attached hydrogen (secondary N) is 1. The van der Waals surface area contributed by atoms with Gasteiger partial charge in [0.1, 0.15) is 11.8 Å². The minimum Gasteiger partial charge on any atom is -0.477 e. The molecule has 0 aromatic carbocycles. The Balaban J connectivity index is 2.25. The number of aromatic carboxylic acids is 1. The summed E-state index contributed by atoms with van der Waals surface area (Å²) >= 11 is 0. The largest absolute Gasteiger partial charge is 0.477 e. The van der Waals surface area contributed by atoms with Gasteiger partial charge in [0.15, 0.2) is 0 Å². The zero-order valence-corrected chi connectivity index (χ0v) is 8.10. The maximum absolute atomic E-state index is 11.2. The highest BCUT2D eigenvalue weighted by atomic mass is 16.5. The number of aromatic nitrogens is 2. The molecule has 0 saturated carbocycles. The van der Waals surface area contributed by atoms with Crippen molar-refractivity contribution in [1.82, 2.24) is 9.78 Å². The van der Waals surface area contributed by atoms with Gasteiger partial charge in [-0.15, -0.1) is 0 Å². The van der Waals surface area contributed by atoms with E-state index in [1.807, 2.05) is 0 Å². The fourth-order valence-corrected chi connectivity index (χ4v) is 1.66. The number of ether oxygens (including phenoxy) is 1. The van der Waals surface area contributed by atoms with Crippen LogP contribution < -0.4 is 5.56 Å². The molecule has 2 N–H and O–H groups in total. The van der Waals surface area contributed by atoms with Crippen LogP contribution in [0.5, 0.6) is 0 Å². The Morgan fingerprint density at radius 2 is 2.40 bits per heavy atom. The normalized spacial score (nSPS) is 21.5. The molecule has 82 valence electrons. The van der Waals surface area contributed by atoms with Gasteiger partial charge in [0.05, 0.1) is 0 Å². The topological polar surface area (TPSA) is 84.3 Å². The fraction of sp³-hybridized carbons (Fsp3) is 0.556. The number of nitrogens with zero attached hydrogens (tertiary/aromatic N) is 1. The Labute approximate surface area is 85.5 Å². The van der Waals surface area contributed by atoms with Gasteiger partial charge in [0.25, 0.3) is 5.56 Å². The molecule has 1 aliphatic heterocycles. The predicted molar refractivity (Wildman–Crippen MR) is 50.9 cm³/mol. The van der Waals surface area contributed by atoms with Crippen molar-refractivity contribution in [3.8, 4) is 0 Å². The highest BCUT2D eigenvalue weighted by molar-refractivity contribution is 5.86. The van der Waals surface area contributed by atoms with E-state index in [4.69, 9.17) is 9.84 Å². The quantitative estimate of drug-likeness (QED) is 0.750. The highest BCUT2D eigenvalue weighted by Gasteiger charge is 2.19. The molecule has 1 saturated heterocycles. The average molecular weight is 212 g/mol. The van der Waals surface area contributed by atoms with Crippen LogP contribution in [0.3, 0.4) is 0 Å². The molecule has 1 aromatic heterocycles. The molecule has 1 aromatic rings. The second kappa shape index (κ2) is 3.90. The van der Waals surface area contributed by atoms with Crippen molar-refractivity contribution in [1.29, 1.82) is 0 Å². The van der Waals surface area contributed by atoms with Crippen molar-refractivity contribution in [3.63, 3.8) is 0 Å². The van der Waals surface area contributed by atoms with Crippen LogP contribution in [0, 0.1) is 0 Å². The van der Waals surface area contributed by atoms with Gasteiger partial charge >= 0.3 is 5.97 Å². The summed E-state index contributed by atoms with van der Waals surface area (Å²) < 4.78 is 6.85. The molecule has 0 amide bonds. The van der Waals surface area contributed by atoms with Crippen molar-refractivity contribution >= 4 is 5.97 Å². The number of hydrogen-bond donors (Lipinski definition) is 2. The summed E-state index contributed by atoms with van der Waals surface area (Å²) in [6.45, 7) is 0.646. The summed E-state index contributed by atoms with van der Waals surface area (Å²) in [7, 11) is 0. The van der Waals surface area contributed by atoms with Crippen molar-refractivity contribution in [2.75, 3.05) is 6.61 Å². The van der Waals surface area contributed by atoms with Gasteiger partial charge in [-0.3, -0.25) is 14.6 Å². The number of aromatic amines is 1. The Kier molecular flexibility index (Phi) is 2.59. The van der Waals surface area contributed by atoms with E-state index in [1.165, 1.54) is 10.9 Å². The molecule has 0 bridgehead atoms. The van der Waals surface area contributed by atoms with Crippen molar-refractivity contribution in [2.24, 2.45) is 0 Å². The molecule has 1 fully saturated rings. The first-order valence-corrected chi connectivity index (χ1v) is 4.84. The van der Waals surface area contributed by atoms with Gasteiger partial charge in [0, 0.05) is 12.8 Å². The average Bonchev–Trinajstić information content (AvgIpc) is 2.62. The standard InChI is InChI=1S/C9H12N2O4/c12-8-6(9(13)14)5-11(10-8)7-3-1-2-4-15-7/h5,7H,1-4H2,(H,10,12)(H,13,14). The smallest absolute Gasteiger partial charge is 0.342 e. The van der Waals surface area contributed by atoms with E-state index >= 15 is 0 Å². The van der Waals surface area contributed by atoms with Gasteiger partial charge in [-0.1, -0.05) is 0 Å². The van der Waals surface area contributed by atoms with Crippen LogP contribution in [-0.4, -0.2) is 27.5 Å². The molecule has 1 atom stereocenters. The third-order valence-electron chi connectivity index (χ3n) is 2.44. The van der Waals surface area contributed by atoms with Crippen molar-refractivity contribution in [2.45, 2.75) is 25.5 Å². The highest BCUT2D eigenvalue weighted by Crippen LogP contribution is 2.20. The van der Waals surface area contributed by atoms with Crippen LogP contribution in [0.2, 0.25) is 0 Å². The van der Waals surface area contributed by atoms with Crippen LogP contribution >= 0.6 is 0 Å². The third-order valence-corrected chi connectivity index (χ3v) is 2.44. The molecule has 0 aliphatic carbocycles.